The van der Waals surface area contributed by atoms with E-state index in [9.17, 15) is 4.79 Å². The van der Waals surface area contributed by atoms with Gasteiger partial charge in [-0.15, -0.1) is 0 Å². The number of carbonyl (C=O) groups is 1. The number of likely N-dealkylation sites (tertiary alicyclic amines) is 1. The van der Waals surface area contributed by atoms with E-state index < -0.39 is 0 Å². The fourth-order valence-electron chi connectivity index (χ4n) is 4.62. The van der Waals surface area contributed by atoms with E-state index in [0.29, 0.717) is 35.8 Å². The first kappa shape index (κ1) is 26.6. The molecule has 0 atom stereocenters. The molecular formula is C31H35N5O3. The van der Waals surface area contributed by atoms with Crippen molar-refractivity contribution >= 4 is 11.4 Å². The Hall–Kier alpha value is -3.96. The molecule has 3 aromatic heterocycles. The molecule has 1 aliphatic heterocycles. The lowest BCUT2D eigenvalue weighted by molar-refractivity contribution is -0.117. The van der Waals surface area contributed by atoms with Gasteiger partial charge in [-0.1, -0.05) is 50.4 Å². The van der Waals surface area contributed by atoms with Crippen LogP contribution in [0.5, 0.6) is 5.75 Å². The molecule has 0 N–H and O–H groups in total. The van der Waals surface area contributed by atoms with Crippen LogP contribution in [-0.4, -0.2) is 56.7 Å². The lowest BCUT2D eigenvalue weighted by Crippen LogP contribution is -2.33. The van der Waals surface area contributed by atoms with Gasteiger partial charge in [-0.3, -0.25) is 9.69 Å². The quantitative estimate of drug-likeness (QED) is 0.310. The maximum Gasteiger partial charge on any atom is 0.197 e. The highest BCUT2D eigenvalue weighted by molar-refractivity contribution is 5.82. The van der Waals surface area contributed by atoms with Crippen molar-refractivity contribution < 1.29 is 14.1 Å². The fourth-order valence-corrected chi connectivity index (χ4v) is 4.62. The first-order chi connectivity index (χ1) is 18.8. The van der Waals surface area contributed by atoms with Crippen molar-refractivity contribution in [1.29, 1.82) is 0 Å². The lowest BCUT2D eigenvalue weighted by atomic mass is 9.93. The molecule has 39 heavy (non-hydrogen) atoms. The number of benzene rings is 1. The number of hydrogen-bond acceptors (Lipinski definition) is 7. The first-order valence-corrected chi connectivity index (χ1v) is 13.6. The highest BCUT2D eigenvalue weighted by atomic mass is 16.5. The van der Waals surface area contributed by atoms with Crippen molar-refractivity contribution in [2.75, 3.05) is 26.2 Å². The molecule has 1 aliphatic rings. The molecule has 0 amide bonds. The summed E-state index contributed by atoms with van der Waals surface area (Å²) in [5.74, 6) is 7.93. The van der Waals surface area contributed by atoms with Gasteiger partial charge in [-0.05, 0) is 49.5 Å². The molecule has 5 rings (SSSR count). The molecule has 1 aromatic carbocycles. The SMILES string of the molecule is CC(C)(C)c1cc(CC(=O)Cc2ccc(C#Cc3cnc4c(OCCN5CCCCC5)ccnn34)cc2)no1. The van der Waals surface area contributed by atoms with Crippen molar-refractivity contribution in [2.45, 2.75) is 58.3 Å². The van der Waals surface area contributed by atoms with E-state index in [4.69, 9.17) is 9.26 Å². The summed E-state index contributed by atoms with van der Waals surface area (Å²) in [7, 11) is 0. The molecule has 8 nitrogen and oxygen atoms in total. The third-order valence-corrected chi connectivity index (χ3v) is 6.85. The van der Waals surface area contributed by atoms with Gasteiger partial charge in [0.1, 0.15) is 23.8 Å². The summed E-state index contributed by atoms with van der Waals surface area (Å²) in [6.07, 6.45) is 7.89. The van der Waals surface area contributed by atoms with E-state index in [1.165, 1.54) is 19.3 Å². The zero-order valence-electron chi connectivity index (χ0n) is 22.9. The molecule has 0 spiro atoms. The van der Waals surface area contributed by atoms with Gasteiger partial charge in [-0.2, -0.15) is 5.10 Å². The predicted octanol–water partition coefficient (Wildman–Crippen LogP) is 4.63. The summed E-state index contributed by atoms with van der Waals surface area (Å²) >= 11 is 0. The third-order valence-electron chi connectivity index (χ3n) is 6.85. The van der Waals surface area contributed by atoms with Crippen LogP contribution in [0.3, 0.4) is 0 Å². The Morgan fingerprint density at radius 3 is 2.59 bits per heavy atom. The number of hydrogen-bond donors (Lipinski definition) is 0. The summed E-state index contributed by atoms with van der Waals surface area (Å²) in [4.78, 5) is 19.5. The largest absolute Gasteiger partial charge is 0.488 e. The number of piperidine rings is 1. The molecule has 4 heterocycles. The van der Waals surface area contributed by atoms with Crippen LogP contribution >= 0.6 is 0 Å². The number of rotatable bonds is 8. The Bertz CT molecular complexity index is 1480. The second-order valence-corrected chi connectivity index (χ2v) is 11.1. The molecule has 0 radical (unpaired) electrons. The second-order valence-electron chi connectivity index (χ2n) is 11.1. The third kappa shape index (κ3) is 6.92. The van der Waals surface area contributed by atoms with Crippen LogP contribution in [0.2, 0.25) is 0 Å². The minimum atomic E-state index is -0.132. The number of fused-ring (bicyclic) bond motifs is 1. The molecule has 0 unspecified atom stereocenters. The van der Waals surface area contributed by atoms with Crippen LogP contribution in [0, 0.1) is 11.8 Å². The molecule has 8 heteroatoms. The molecule has 202 valence electrons. The maximum atomic E-state index is 12.6. The smallest absolute Gasteiger partial charge is 0.197 e. The highest BCUT2D eigenvalue weighted by Gasteiger charge is 2.20. The highest BCUT2D eigenvalue weighted by Crippen LogP contribution is 2.23. The van der Waals surface area contributed by atoms with Crippen LogP contribution in [0.15, 0.2) is 53.3 Å². The molecule has 1 saturated heterocycles. The summed E-state index contributed by atoms with van der Waals surface area (Å²) < 4.78 is 13.2. The average molecular weight is 526 g/mol. The second kappa shape index (κ2) is 11.8. The Morgan fingerprint density at radius 2 is 1.85 bits per heavy atom. The van der Waals surface area contributed by atoms with E-state index in [1.54, 1.807) is 16.9 Å². The maximum absolute atomic E-state index is 12.6. The zero-order valence-corrected chi connectivity index (χ0v) is 22.9. The molecular weight excluding hydrogens is 490 g/mol. The number of ether oxygens (including phenoxy) is 1. The van der Waals surface area contributed by atoms with E-state index in [1.807, 2.05) is 36.4 Å². The van der Waals surface area contributed by atoms with Crippen LogP contribution in [0.4, 0.5) is 0 Å². The molecule has 1 fully saturated rings. The fraction of sp³-hybridized carbons (Fsp3) is 0.419. The Kier molecular flexibility index (Phi) is 8.08. The van der Waals surface area contributed by atoms with Gasteiger partial charge < -0.3 is 9.26 Å². The number of nitrogens with zero attached hydrogens (tertiary/aromatic N) is 5. The van der Waals surface area contributed by atoms with Gasteiger partial charge >= 0.3 is 0 Å². The van der Waals surface area contributed by atoms with Crippen LogP contribution in [-0.2, 0) is 23.1 Å². The topological polar surface area (TPSA) is 85.8 Å². The van der Waals surface area contributed by atoms with Gasteiger partial charge in [0, 0.05) is 36.1 Å². The lowest BCUT2D eigenvalue weighted by Gasteiger charge is -2.26. The van der Waals surface area contributed by atoms with Crippen LogP contribution in [0.1, 0.15) is 68.3 Å². The minimum Gasteiger partial charge on any atom is -0.488 e. The van der Waals surface area contributed by atoms with Crippen molar-refractivity contribution in [3.05, 3.63) is 77.1 Å². The number of imidazole rings is 1. The molecule has 0 bridgehead atoms. The van der Waals surface area contributed by atoms with E-state index in [2.05, 4.69) is 52.8 Å². The summed E-state index contributed by atoms with van der Waals surface area (Å²) in [5, 5.41) is 8.47. The number of ketones is 1. The first-order valence-electron chi connectivity index (χ1n) is 13.6. The van der Waals surface area contributed by atoms with Crippen molar-refractivity contribution in [2.24, 2.45) is 0 Å². The van der Waals surface area contributed by atoms with Gasteiger partial charge in [-0.25, -0.2) is 9.50 Å². The summed E-state index contributed by atoms with van der Waals surface area (Å²) in [6, 6.07) is 11.4. The van der Waals surface area contributed by atoms with E-state index >= 15 is 0 Å². The molecule has 4 aromatic rings. The van der Waals surface area contributed by atoms with Crippen molar-refractivity contribution in [1.82, 2.24) is 24.7 Å². The van der Waals surface area contributed by atoms with E-state index in [-0.39, 0.29) is 17.6 Å². The predicted molar refractivity (Wildman–Crippen MR) is 149 cm³/mol. The monoisotopic (exact) mass is 525 g/mol. The zero-order chi connectivity index (χ0) is 27.2. The number of Topliss-reactive ketones (excluding diaryl/α,β-unsaturated/α-hetero) is 1. The Balaban J connectivity index is 1.18. The van der Waals surface area contributed by atoms with E-state index in [0.717, 1.165) is 36.5 Å². The van der Waals surface area contributed by atoms with Gasteiger partial charge in [0.25, 0.3) is 0 Å². The Labute approximate surface area is 229 Å². The summed E-state index contributed by atoms with van der Waals surface area (Å²) in [5.41, 5.74) is 3.68. The Morgan fingerprint density at radius 1 is 1.05 bits per heavy atom. The van der Waals surface area contributed by atoms with Crippen molar-refractivity contribution in [3.63, 3.8) is 0 Å². The number of carbonyl (C=O) groups excluding carboxylic acids is 1. The normalized spacial score (nSPS) is 14.2. The van der Waals surface area contributed by atoms with Gasteiger partial charge in [0.2, 0.25) is 0 Å². The minimum absolute atomic E-state index is 0.0911. The average Bonchev–Trinajstić information content (AvgIpc) is 3.57. The van der Waals surface area contributed by atoms with Crippen LogP contribution in [0.25, 0.3) is 5.65 Å². The number of aromatic nitrogens is 4. The van der Waals surface area contributed by atoms with Crippen molar-refractivity contribution in [3.8, 4) is 17.6 Å². The van der Waals surface area contributed by atoms with Gasteiger partial charge in [0.15, 0.2) is 11.4 Å². The molecule has 0 saturated carbocycles. The summed E-state index contributed by atoms with van der Waals surface area (Å²) in [6.45, 7) is 10.0. The molecule has 0 aliphatic carbocycles. The van der Waals surface area contributed by atoms with Gasteiger partial charge in [0.05, 0.1) is 24.5 Å². The standard InChI is InChI=1S/C31H35N5O3/c1-31(2,3)29-21-25(34-39-29)20-27(37)19-24-9-7-23(8-10-24)11-12-26-22-32-30-28(13-14-33-36(26)30)38-18-17-35-15-5-4-6-16-35/h7-10,13-14,21-22H,4-6,15-20H2,1-3H3. The van der Waals surface area contributed by atoms with Crippen LogP contribution < -0.4 is 4.74 Å².